The highest BCUT2D eigenvalue weighted by atomic mass is 16.6. The van der Waals surface area contributed by atoms with E-state index in [0.717, 1.165) is 40.4 Å². The number of nitrogens with zero attached hydrogens (tertiary/aromatic N) is 2. The molecule has 5 heteroatoms. The molecule has 1 atom stereocenters. The molecule has 0 aliphatic carbocycles. The molecule has 33 heavy (non-hydrogen) atoms. The normalized spacial score (nSPS) is 17.1. The number of aromatic nitrogens is 1. The van der Waals surface area contributed by atoms with E-state index in [2.05, 4.69) is 60.4 Å². The lowest BCUT2D eigenvalue weighted by Gasteiger charge is -2.42. The Morgan fingerprint density at radius 2 is 1.64 bits per heavy atom. The Bertz CT molecular complexity index is 1110. The summed E-state index contributed by atoms with van der Waals surface area (Å²) in [6.07, 6.45) is 3.35. The van der Waals surface area contributed by atoms with E-state index in [9.17, 15) is 4.79 Å². The van der Waals surface area contributed by atoms with Crippen molar-refractivity contribution in [1.82, 2.24) is 9.88 Å². The molecule has 2 heterocycles. The van der Waals surface area contributed by atoms with E-state index < -0.39 is 11.2 Å². The number of methoxy groups -OCH3 is 1. The summed E-state index contributed by atoms with van der Waals surface area (Å²) >= 11 is 0. The third-order valence-corrected chi connectivity index (χ3v) is 6.75. The molecule has 0 saturated carbocycles. The Balaban J connectivity index is 1.48. The van der Waals surface area contributed by atoms with E-state index >= 15 is 0 Å². The van der Waals surface area contributed by atoms with Crippen LogP contribution in [0.25, 0.3) is 22.0 Å². The molecule has 0 N–H and O–H groups in total. The number of piperidine rings is 1. The summed E-state index contributed by atoms with van der Waals surface area (Å²) in [5.74, 6) is 0.317. The summed E-state index contributed by atoms with van der Waals surface area (Å²) < 4.78 is 11.6. The molecule has 3 aromatic rings. The van der Waals surface area contributed by atoms with Crippen molar-refractivity contribution >= 4 is 17.0 Å². The van der Waals surface area contributed by atoms with Gasteiger partial charge in [-0.05, 0) is 75.3 Å². The molecular formula is C28H34N2O3. The molecule has 1 aromatic heterocycles. The van der Waals surface area contributed by atoms with Gasteiger partial charge >= 0.3 is 6.09 Å². The van der Waals surface area contributed by atoms with Gasteiger partial charge in [0.25, 0.3) is 0 Å². The highest BCUT2D eigenvalue weighted by molar-refractivity contribution is 5.84. The van der Waals surface area contributed by atoms with Crippen LogP contribution in [0.3, 0.4) is 0 Å². The summed E-state index contributed by atoms with van der Waals surface area (Å²) in [5.41, 5.74) is 3.57. The van der Waals surface area contributed by atoms with Crippen molar-refractivity contribution in [3.8, 4) is 11.1 Å². The van der Waals surface area contributed by atoms with Crippen LogP contribution < -0.4 is 0 Å². The molecular weight excluding hydrogens is 412 g/mol. The molecule has 174 valence electrons. The average molecular weight is 447 g/mol. The fraction of sp³-hybridized carbons (Fsp3) is 0.429. The van der Waals surface area contributed by atoms with E-state index in [-0.39, 0.29) is 6.09 Å². The van der Waals surface area contributed by atoms with Crippen LogP contribution in [0.5, 0.6) is 0 Å². The maximum atomic E-state index is 12.4. The predicted molar refractivity (Wildman–Crippen MR) is 132 cm³/mol. The van der Waals surface area contributed by atoms with Crippen LogP contribution in [0.1, 0.15) is 46.1 Å². The zero-order valence-corrected chi connectivity index (χ0v) is 20.3. The van der Waals surface area contributed by atoms with Gasteiger partial charge in [0, 0.05) is 31.8 Å². The fourth-order valence-electron chi connectivity index (χ4n) is 4.70. The van der Waals surface area contributed by atoms with Crippen molar-refractivity contribution in [2.24, 2.45) is 5.92 Å². The van der Waals surface area contributed by atoms with Crippen LogP contribution in [-0.2, 0) is 15.1 Å². The van der Waals surface area contributed by atoms with E-state index in [0.29, 0.717) is 19.0 Å². The zero-order chi connectivity index (χ0) is 23.6. The molecule has 1 amide bonds. The van der Waals surface area contributed by atoms with Gasteiger partial charge in [0.1, 0.15) is 5.60 Å². The number of rotatable bonds is 4. The molecule has 1 unspecified atom stereocenters. The zero-order valence-electron chi connectivity index (χ0n) is 20.3. The standard InChI is InChI=1S/C28H34N2O3/c1-27(2,3)33-26(31)30-17-14-24(15-18-30)28(4,32-5)23-12-10-20(11-13-23)22-9-8-21-7-6-16-29-25(21)19-22/h6-13,16,19,24H,14-15,17-18H2,1-5H3. The fourth-order valence-corrected chi connectivity index (χ4v) is 4.70. The number of carbonyl (C=O) groups is 1. The van der Waals surface area contributed by atoms with E-state index in [1.165, 1.54) is 0 Å². The van der Waals surface area contributed by atoms with Gasteiger partial charge in [-0.15, -0.1) is 0 Å². The summed E-state index contributed by atoms with van der Waals surface area (Å²) in [6, 6.07) is 19.1. The van der Waals surface area contributed by atoms with Gasteiger partial charge in [-0.25, -0.2) is 4.79 Å². The predicted octanol–water partition coefficient (Wildman–Crippen LogP) is 6.41. The molecule has 0 spiro atoms. The minimum Gasteiger partial charge on any atom is -0.444 e. The Morgan fingerprint density at radius 1 is 0.970 bits per heavy atom. The summed E-state index contributed by atoms with van der Waals surface area (Å²) in [4.78, 5) is 18.7. The highest BCUT2D eigenvalue weighted by Crippen LogP contribution is 2.40. The van der Waals surface area contributed by atoms with Crippen molar-refractivity contribution in [2.75, 3.05) is 20.2 Å². The van der Waals surface area contributed by atoms with Crippen LogP contribution in [-0.4, -0.2) is 41.8 Å². The summed E-state index contributed by atoms with van der Waals surface area (Å²) in [5, 5.41) is 1.14. The van der Waals surface area contributed by atoms with Gasteiger partial charge in [0.05, 0.1) is 11.1 Å². The van der Waals surface area contributed by atoms with Crippen LogP contribution in [0.15, 0.2) is 60.8 Å². The third-order valence-electron chi connectivity index (χ3n) is 6.75. The monoisotopic (exact) mass is 446 g/mol. The average Bonchev–Trinajstić information content (AvgIpc) is 2.82. The largest absolute Gasteiger partial charge is 0.444 e. The smallest absolute Gasteiger partial charge is 0.410 e. The van der Waals surface area contributed by atoms with Gasteiger partial charge in [-0.3, -0.25) is 4.98 Å². The SMILES string of the molecule is COC(C)(c1ccc(-c2ccc3cccnc3c2)cc1)C1CCN(C(=O)OC(C)(C)C)CC1. The number of amides is 1. The van der Waals surface area contributed by atoms with Gasteiger partial charge in [0.15, 0.2) is 0 Å². The minimum absolute atomic E-state index is 0.228. The second-order valence-electron chi connectivity index (χ2n) is 10.0. The third kappa shape index (κ3) is 5.03. The lowest BCUT2D eigenvalue weighted by molar-refractivity contribution is -0.0697. The number of ether oxygens (including phenoxy) is 2. The summed E-state index contributed by atoms with van der Waals surface area (Å²) in [7, 11) is 1.78. The maximum Gasteiger partial charge on any atom is 0.410 e. The van der Waals surface area contributed by atoms with E-state index in [1.54, 1.807) is 7.11 Å². The molecule has 5 nitrogen and oxygen atoms in total. The molecule has 0 radical (unpaired) electrons. The van der Waals surface area contributed by atoms with Crippen LogP contribution in [0.4, 0.5) is 4.79 Å². The van der Waals surface area contributed by atoms with Crippen molar-refractivity contribution in [1.29, 1.82) is 0 Å². The first-order chi connectivity index (χ1) is 15.7. The maximum absolute atomic E-state index is 12.4. The molecule has 1 aliphatic rings. The van der Waals surface area contributed by atoms with Gasteiger partial charge in [-0.1, -0.05) is 42.5 Å². The quantitative estimate of drug-likeness (QED) is 0.465. The topological polar surface area (TPSA) is 51.7 Å². The van der Waals surface area contributed by atoms with E-state index in [4.69, 9.17) is 9.47 Å². The first kappa shape index (κ1) is 23.2. The van der Waals surface area contributed by atoms with Gasteiger partial charge in [-0.2, -0.15) is 0 Å². The molecule has 1 saturated heterocycles. The number of benzene rings is 2. The van der Waals surface area contributed by atoms with Gasteiger partial charge < -0.3 is 14.4 Å². The van der Waals surface area contributed by atoms with Crippen molar-refractivity contribution < 1.29 is 14.3 Å². The van der Waals surface area contributed by atoms with Crippen LogP contribution in [0, 0.1) is 5.92 Å². The molecule has 0 bridgehead atoms. The first-order valence-electron chi connectivity index (χ1n) is 11.7. The second kappa shape index (κ2) is 9.14. The van der Waals surface area contributed by atoms with Gasteiger partial charge in [0.2, 0.25) is 0 Å². The molecule has 2 aromatic carbocycles. The molecule has 1 fully saturated rings. The molecule has 4 rings (SSSR count). The Kier molecular flexibility index (Phi) is 6.44. The highest BCUT2D eigenvalue weighted by Gasteiger charge is 2.39. The van der Waals surface area contributed by atoms with E-state index in [1.807, 2.05) is 37.9 Å². The Labute approximate surface area is 196 Å². The second-order valence-corrected chi connectivity index (χ2v) is 10.0. The number of hydrogen-bond donors (Lipinski definition) is 0. The Morgan fingerprint density at radius 3 is 2.27 bits per heavy atom. The van der Waals surface area contributed by atoms with Crippen LogP contribution in [0.2, 0.25) is 0 Å². The number of fused-ring (bicyclic) bond motifs is 1. The van der Waals surface area contributed by atoms with Crippen molar-refractivity contribution in [3.63, 3.8) is 0 Å². The minimum atomic E-state index is -0.474. The summed E-state index contributed by atoms with van der Waals surface area (Å²) in [6.45, 7) is 9.23. The number of pyridine rings is 1. The lowest BCUT2D eigenvalue weighted by atomic mass is 9.77. The van der Waals surface area contributed by atoms with Crippen molar-refractivity contribution in [3.05, 3.63) is 66.4 Å². The lowest BCUT2D eigenvalue weighted by Crippen LogP contribution is -2.46. The first-order valence-corrected chi connectivity index (χ1v) is 11.7. The Hall–Kier alpha value is -2.92. The van der Waals surface area contributed by atoms with Crippen molar-refractivity contribution in [2.45, 2.75) is 51.7 Å². The molecule has 1 aliphatic heterocycles. The number of carbonyl (C=O) groups excluding carboxylic acids is 1. The van der Waals surface area contributed by atoms with Crippen LogP contribution >= 0.6 is 0 Å². The number of likely N-dealkylation sites (tertiary alicyclic amines) is 1. The number of hydrogen-bond acceptors (Lipinski definition) is 4.